The molecule has 0 aliphatic heterocycles. The highest BCUT2D eigenvalue weighted by Crippen LogP contribution is 2.54. The van der Waals surface area contributed by atoms with E-state index in [2.05, 4.69) is 4.99 Å². The van der Waals surface area contributed by atoms with E-state index in [1.54, 1.807) is 24.3 Å². The van der Waals surface area contributed by atoms with Crippen molar-refractivity contribution in [2.45, 2.75) is 24.3 Å². The highest BCUT2D eigenvalue weighted by molar-refractivity contribution is 6.30. The van der Waals surface area contributed by atoms with Crippen LogP contribution in [0, 0.1) is 0 Å². The average Bonchev–Trinajstić information content (AvgIpc) is 2.16. The van der Waals surface area contributed by atoms with Crippen molar-refractivity contribution in [1.82, 2.24) is 0 Å². The lowest BCUT2D eigenvalue weighted by Crippen LogP contribution is -2.48. The maximum Gasteiger partial charge on any atom is 0.253 e. The molecule has 1 fully saturated rings. The molecular formula is C11H8ClF2NO. The highest BCUT2D eigenvalue weighted by atomic mass is 35.5. The molecule has 0 aromatic heterocycles. The second kappa shape index (κ2) is 3.65. The lowest BCUT2D eigenvalue weighted by Gasteiger charge is -2.43. The van der Waals surface area contributed by atoms with Crippen molar-refractivity contribution in [2.24, 2.45) is 4.99 Å². The van der Waals surface area contributed by atoms with E-state index in [-0.39, 0.29) is 0 Å². The number of alkyl halides is 2. The van der Waals surface area contributed by atoms with E-state index in [1.807, 2.05) is 0 Å². The minimum atomic E-state index is -2.75. The van der Waals surface area contributed by atoms with Crippen LogP contribution in [0.15, 0.2) is 29.3 Å². The maximum atomic E-state index is 12.9. The van der Waals surface area contributed by atoms with E-state index in [0.29, 0.717) is 10.6 Å². The van der Waals surface area contributed by atoms with E-state index >= 15 is 0 Å². The number of nitrogens with zero attached hydrogens (tertiary/aromatic N) is 1. The molecule has 0 saturated heterocycles. The molecular weight excluding hydrogens is 236 g/mol. The van der Waals surface area contributed by atoms with Crippen molar-refractivity contribution in [2.75, 3.05) is 0 Å². The zero-order valence-corrected chi connectivity index (χ0v) is 8.97. The Kier molecular flexibility index (Phi) is 2.56. The van der Waals surface area contributed by atoms with Crippen LogP contribution < -0.4 is 0 Å². The van der Waals surface area contributed by atoms with Crippen molar-refractivity contribution in [3.63, 3.8) is 0 Å². The second-order valence-electron chi connectivity index (χ2n) is 3.95. The Labute approximate surface area is 95.9 Å². The molecule has 0 heterocycles. The van der Waals surface area contributed by atoms with E-state index in [0.717, 1.165) is 0 Å². The summed E-state index contributed by atoms with van der Waals surface area (Å²) in [4.78, 5) is 13.8. The summed E-state index contributed by atoms with van der Waals surface area (Å²) in [5, 5.41) is 0.514. The third-order valence-electron chi connectivity index (χ3n) is 2.74. The van der Waals surface area contributed by atoms with Crippen molar-refractivity contribution in [1.29, 1.82) is 0 Å². The first-order valence-electron chi connectivity index (χ1n) is 4.70. The van der Waals surface area contributed by atoms with E-state index in [1.165, 1.54) is 6.08 Å². The lowest BCUT2D eigenvalue weighted by atomic mass is 9.69. The van der Waals surface area contributed by atoms with Gasteiger partial charge in [-0.2, -0.15) is 4.99 Å². The molecule has 2 rings (SSSR count). The third kappa shape index (κ3) is 1.86. The molecule has 1 aromatic rings. The predicted molar refractivity (Wildman–Crippen MR) is 55.4 cm³/mol. The van der Waals surface area contributed by atoms with Gasteiger partial charge in [-0.3, -0.25) is 0 Å². The zero-order chi connectivity index (χ0) is 11.8. The molecule has 0 bridgehead atoms. The van der Waals surface area contributed by atoms with Gasteiger partial charge in [-0.15, -0.1) is 0 Å². The molecule has 0 N–H and O–H groups in total. The maximum absolute atomic E-state index is 12.9. The normalized spacial score (nSPS) is 20.7. The van der Waals surface area contributed by atoms with E-state index in [4.69, 9.17) is 11.6 Å². The molecule has 1 aliphatic rings. The van der Waals surface area contributed by atoms with Crippen LogP contribution in [-0.2, 0) is 10.3 Å². The van der Waals surface area contributed by atoms with Gasteiger partial charge in [0.05, 0.1) is 0 Å². The van der Waals surface area contributed by atoms with Gasteiger partial charge in [-0.05, 0) is 17.7 Å². The first-order chi connectivity index (χ1) is 7.47. The molecule has 84 valence electrons. The Morgan fingerprint density at radius 1 is 1.25 bits per heavy atom. The molecule has 1 saturated carbocycles. The van der Waals surface area contributed by atoms with Gasteiger partial charge < -0.3 is 0 Å². The molecule has 1 aromatic carbocycles. The standard InChI is InChI=1S/C11H8ClF2NO/c12-9-3-1-8(2-4-9)10(15-7-16)5-11(13,14)6-10/h1-4H,5-6H2. The number of aliphatic imine (C=N–C) groups is 1. The average molecular weight is 244 g/mol. The fraction of sp³-hybridized carbons (Fsp3) is 0.364. The molecule has 0 spiro atoms. The van der Waals surface area contributed by atoms with Gasteiger partial charge in [0.15, 0.2) is 0 Å². The zero-order valence-electron chi connectivity index (χ0n) is 8.21. The number of benzene rings is 1. The first-order valence-corrected chi connectivity index (χ1v) is 5.08. The summed E-state index contributed by atoms with van der Waals surface area (Å²) in [6.45, 7) is 0. The van der Waals surface area contributed by atoms with Gasteiger partial charge >= 0.3 is 0 Å². The third-order valence-corrected chi connectivity index (χ3v) is 3.00. The topological polar surface area (TPSA) is 29.4 Å². The fourth-order valence-corrected chi connectivity index (χ4v) is 2.13. The Hall–Kier alpha value is -1.25. The number of halogens is 3. The quantitative estimate of drug-likeness (QED) is 0.579. The number of hydrogen-bond acceptors (Lipinski definition) is 2. The van der Waals surface area contributed by atoms with Gasteiger partial charge in [0.2, 0.25) is 6.08 Å². The SMILES string of the molecule is O=C=NC1(c2ccc(Cl)cc2)CC(F)(F)C1. The predicted octanol–water partition coefficient (Wildman–Crippen LogP) is 3.30. The van der Waals surface area contributed by atoms with Crippen LogP contribution >= 0.6 is 11.6 Å². The van der Waals surface area contributed by atoms with Crippen LogP contribution in [0.2, 0.25) is 5.02 Å². The summed E-state index contributed by atoms with van der Waals surface area (Å²) in [6.07, 6.45) is 0.475. The number of isocyanates is 1. The largest absolute Gasteiger partial charge is 0.253 e. The minimum absolute atomic E-state index is 0.448. The molecule has 1 aliphatic carbocycles. The summed E-state index contributed by atoms with van der Waals surface area (Å²) < 4.78 is 25.8. The minimum Gasteiger partial charge on any atom is -0.211 e. The van der Waals surface area contributed by atoms with E-state index < -0.39 is 24.3 Å². The van der Waals surface area contributed by atoms with Crippen LogP contribution in [0.5, 0.6) is 0 Å². The molecule has 0 radical (unpaired) electrons. The summed E-state index contributed by atoms with van der Waals surface area (Å²) in [5.41, 5.74) is -0.540. The van der Waals surface area contributed by atoms with Crippen LogP contribution in [0.3, 0.4) is 0 Å². The fourth-order valence-electron chi connectivity index (χ4n) is 2.00. The number of hydrogen-bond donors (Lipinski definition) is 0. The van der Waals surface area contributed by atoms with Crippen LogP contribution in [0.25, 0.3) is 0 Å². The Bertz CT molecular complexity index is 444. The van der Waals surface area contributed by atoms with Crippen LogP contribution in [0.1, 0.15) is 18.4 Å². The van der Waals surface area contributed by atoms with Gasteiger partial charge in [0.1, 0.15) is 5.54 Å². The van der Waals surface area contributed by atoms with Gasteiger partial charge in [-0.1, -0.05) is 23.7 Å². The summed E-state index contributed by atoms with van der Waals surface area (Å²) in [7, 11) is 0. The van der Waals surface area contributed by atoms with Crippen molar-refractivity contribution in [3.05, 3.63) is 34.9 Å². The van der Waals surface area contributed by atoms with Gasteiger partial charge in [-0.25, -0.2) is 13.6 Å². The van der Waals surface area contributed by atoms with E-state index in [9.17, 15) is 13.6 Å². The molecule has 2 nitrogen and oxygen atoms in total. The summed E-state index contributed by atoms with van der Waals surface area (Å²) in [6, 6.07) is 6.40. The Morgan fingerprint density at radius 2 is 1.81 bits per heavy atom. The van der Waals surface area contributed by atoms with Crippen LogP contribution in [0.4, 0.5) is 8.78 Å². The number of rotatable bonds is 2. The number of carbonyl (C=O) groups excluding carboxylic acids is 1. The first kappa shape index (κ1) is 11.2. The summed E-state index contributed by atoms with van der Waals surface area (Å²) in [5.74, 6) is -2.75. The smallest absolute Gasteiger partial charge is 0.211 e. The Balaban J connectivity index is 2.35. The molecule has 16 heavy (non-hydrogen) atoms. The lowest BCUT2D eigenvalue weighted by molar-refractivity contribution is -0.124. The monoisotopic (exact) mass is 243 g/mol. The van der Waals surface area contributed by atoms with Crippen LogP contribution in [-0.4, -0.2) is 12.0 Å². The molecule has 0 atom stereocenters. The van der Waals surface area contributed by atoms with Gasteiger partial charge in [0, 0.05) is 17.9 Å². The highest BCUT2D eigenvalue weighted by Gasteiger charge is 2.58. The molecule has 0 amide bonds. The molecule has 0 unspecified atom stereocenters. The van der Waals surface area contributed by atoms with Gasteiger partial charge in [0.25, 0.3) is 5.92 Å². The summed E-state index contributed by atoms with van der Waals surface area (Å²) >= 11 is 5.70. The second-order valence-corrected chi connectivity index (χ2v) is 4.39. The van der Waals surface area contributed by atoms with Crippen molar-refractivity contribution >= 4 is 17.7 Å². The van der Waals surface area contributed by atoms with Crippen molar-refractivity contribution < 1.29 is 13.6 Å². The van der Waals surface area contributed by atoms with Crippen molar-refractivity contribution in [3.8, 4) is 0 Å². The molecule has 5 heteroatoms. The Morgan fingerprint density at radius 3 is 2.25 bits per heavy atom.